The third kappa shape index (κ3) is 4.79. The summed E-state index contributed by atoms with van der Waals surface area (Å²) < 4.78 is 4.89. The molecule has 2 heteroatoms. The van der Waals surface area contributed by atoms with Crippen LogP contribution in [0.2, 0.25) is 0 Å². The molecule has 0 saturated carbocycles. The van der Waals surface area contributed by atoms with Gasteiger partial charge in [0, 0.05) is 46.7 Å². The molecule has 2 aromatic heterocycles. The van der Waals surface area contributed by atoms with Crippen LogP contribution in [0, 0.1) is 0 Å². The molecule has 0 bridgehead atoms. The molecule has 0 N–H and O–H groups in total. The van der Waals surface area contributed by atoms with Gasteiger partial charge in [-0.3, -0.25) is 0 Å². The monoisotopic (exact) mass is 738 g/mol. The van der Waals surface area contributed by atoms with Crippen molar-refractivity contribution >= 4 is 75.9 Å². The molecule has 12 aromatic rings. The minimum atomic E-state index is 1.22. The molecule has 0 radical (unpaired) electrons. The van der Waals surface area contributed by atoms with E-state index in [9.17, 15) is 0 Å². The minimum absolute atomic E-state index is 1.22. The molecule has 272 valence electrons. The van der Waals surface area contributed by atoms with Gasteiger partial charge in [-0.05, 0) is 113 Å². The number of aromatic nitrogens is 2. The lowest BCUT2D eigenvalue weighted by Crippen LogP contribution is -1.94. The van der Waals surface area contributed by atoms with Crippen LogP contribution in [0.15, 0.2) is 194 Å². The number of rotatable bonds is 4. The Morgan fingerprint density at radius 3 is 0.983 bits per heavy atom. The molecule has 0 fully saturated rings. The van der Waals surface area contributed by atoms with E-state index in [2.05, 4.69) is 217 Å². The maximum absolute atomic E-state index is 2.45. The molecule has 0 unspecified atom stereocenters. The number of benzene rings is 10. The van der Waals surface area contributed by atoms with Crippen LogP contribution < -0.4 is 0 Å². The van der Waals surface area contributed by atoms with Crippen molar-refractivity contribution in [2.24, 2.45) is 14.1 Å². The van der Waals surface area contributed by atoms with E-state index in [0.29, 0.717) is 0 Å². The van der Waals surface area contributed by atoms with Crippen LogP contribution in [0.25, 0.3) is 120 Å². The number of hydrogen-bond donors (Lipinski definition) is 0. The van der Waals surface area contributed by atoms with E-state index in [1.165, 1.54) is 120 Å². The molecule has 2 heterocycles. The second-order valence-electron chi connectivity index (χ2n) is 15.8. The first kappa shape index (κ1) is 32.8. The van der Waals surface area contributed by atoms with E-state index in [1.807, 2.05) is 0 Å². The van der Waals surface area contributed by atoms with Gasteiger partial charge in [-0.2, -0.15) is 0 Å². The van der Waals surface area contributed by atoms with Crippen molar-refractivity contribution < 1.29 is 0 Å². The highest BCUT2D eigenvalue weighted by atomic mass is 15.0. The number of hydrogen-bond acceptors (Lipinski definition) is 0. The lowest BCUT2D eigenvalue weighted by atomic mass is 9.90. The summed E-state index contributed by atoms with van der Waals surface area (Å²) >= 11 is 0. The molecule has 0 aliphatic heterocycles. The first-order chi connectivity index (χ1) is 28.6. The van der Waals surface area contributed by atoms with Crippen molar-refractivity contribution in [1.29, 1.82) is 0 Å². The van der Waals surface area contributed by atoms with Crippen LogP contribution in [0.4, 0.5) is 0 Å². The summed E-state index contributed by atoms with van der Waals surface area (Å²) in [6.07, 6.45) is 0. The molecule has 2 nitrogen and oxygen atoms in total. The maximum Gasteiger partial charge on any atom is 0.0742 e. The van der Waals surface area contributed by atoms with Crippen molar-refractivity contribution in [3.8, 4) is 44.5 Å². The van der Waals surface area contributed by atoms with Crippen molar-refractivity contribution in [2.45, 2.75) is 0 Å². The van der Waals surface area contributed by atoms with Gasteiger partial charge < -0.3 is 9.13 Å². The highest BCUT2D eigenvalue weighted by molar-refractivity contribution is 6.36. The lowest BCUT2D eigenvalue weighted by molar-refractivity contribution is 0.987. The number of nitrogens with zero attached hydrogens (tertiary/aromatic N) is 2. The first-order valence-corrected chi connectivity index (χ1v) is 20.1. The Morgan fingerprint density at radius 2 is 0.603 bits per heavy atom. The molecule has 0 saturated heterocycles. The second kappa shape index (κ2) is 12.5. The van der Waals surface area contributed by atoms with E-state index in [0.717, 1.165) is 0 Å². The third-order valence-electron chi connectivity index (χ3n) is 12.7. The highest BCUT2D eigenvalue weighted by Crippen LogP contribution is 2.47. The van der Waals surface area contributed by atoms with E-state index in [1.54, 1.807) is 0 Å². The smallest absolute Gasteiger partial charge is 0.0742 e. The Morgan fingerprint density at radius 1 is 0.276 bits per heavy atom. The summed E-state index contributed by atoms with van der Waals surface area (Å²) in [6.45, 7) is 0. The number of aryl methyl sites for hydroxylation is 2. The largest absolute Gasteiger partial charge is 0.342 e. The maximum atomic E-state index is 2.45. The number of fused-ring (bicyclic) bond motifs is 12. The molecular formula is C56H38N2. The van der Waals surface area contributed by atoms with Gasteiger partial charge in [0.25, 0.3) is 0 Å². The van der Waals surface area contributed by atoms with Crippen LogP contribution in [0.5, 0.6) is 0 Å². The molecular weight excluding hydrogens is 701 g/mol. The zero-order chi connectivity index (χ0) is 38.5. The fourth-order valence-corrected chi connectivity index (χ4v) is 9.90. The van der Waals surface area contributed by atoms with Gasteiger partial charge in [0.15, 0.2) is 0 Å². The van der Waals surface area contributed by atoms with Crippen LogP contribution in [0.1, 0.15) is 0 Å². The van der Waals surface area contributed by atoms with E-state index >= 15 is 0 Å². The molecule has 10 aromatic carbocycles. The Kier molecular flexibility index (Phi) is 7.09. The normalized spacial score (nSPS) is 12.0. The first-order valence-electron chi connectivity index (χ1n) is 20.1. The van der Waals surface area contributed by atoms with Crippen molar-refractivity contribution in [1.82, 2.24) is 9.13 Å². The average Bonchev–Trinajstić information content (AvgIpc) is 3.75. The predicted molar refractivity (Wildman–Crippen MR) is 249 cm³/mol. The average molecular weight is 739 g/mol. The minimum Gasteiger partial charge on any atom is -0.342 e. The SMILES string of the molecule is Cn1c2cc(-c3cc4ccccc4cc3-c3ccccc3)ccc2c2c3ccccc3c3c4ccc(-c5cc6ccccc6cc5-c5ccccc5)cc4n(C)c3c21. The molecule has 0 spiro atoms. The third-order valence-corrected chi connectivity index (χ3v) is 12.7. The Hall–Kier alpha value is -7.42. The summed E-state index contributed by atoms with van der Waals surface area (Å²) in [7, 11) is 4.51. The van der Waals surface area contributed by atoms with Gasteiger partial charge in [-0.15, -0.1) is 0 Å². The Balaban J connectivity index is 1.13. The van der Waals surface area contributed by atoms with Gasteiger partial charge in [0.1, 0.15) is 0 Å². The Bertz CT molecular complexity index is 3380. The molecule has 58 heavy (non-hydrogen) atoms. The van der Waals surface area contributed by atoms with E-state index < -0.39 is 0 Å². The zero-order valence-electron chi connectivity index (χ0n) is 32.4. The summed E-state index contributed by atoms with van der Waals surface area (Å²) in [5.74, 6) is 0. The molecule has 0 aliphatic rings. The van der Waals surface area contributed by atoms with Crippen molar-refractivity contribution in [2.75, 3.05) is 0 Å². The van der Waals surface area contributed by atoms with Gasteiger partial charge in [-0.25, -0.2) is 0 Å². The second-order valence-corrected chi connectivity index (χ2v) is 15.8. The van der Waals surface area contributed by atoms with Gasteiger partial charge >= 0.3 is 0 Å². The lowest BCUT2D eigenvalue weighted by Gasteiger charge is -2.13. The summed E-state index contributed by atoms with van der Waals surface area (Å²) in [5, 5.41) is 12.7. The molecule has 0 aliphatic carbocycles. The highest BCUT2D eigenvalue weighted by Gasteiger charge is 2.23. The Labute approximate surface area is 336 Å². The van der Waals surface area contributed by atoms with Gasteiger partial charge in [-0.1, -0.05) is 158 Å². The van der Waals surface area contributed by atoms with Gasteiger partial charge in [0.05, 0.1) is 11.0 Å². The molecule has 12 rings (SSSR count). The standard InChI is InChI=1S/C56H38N2/c1-57-51-33-41(49-31-39-21-11-9-19-37(39)29-47(49)35-15-5-3-6-16-35)25-27-45(51)53-43-23-13-14-24-44(43)54-46-28-26-42(34-52(46)58(2)56(54)55(53)57)50-32-40-22-12-10-20-38(40)30-48(50)36-17-7-4-8-18-36/h3-34H,1-2H3. The van der Waals surface area contributed by atoms with Crippen LogP contribution >= 0.6 is 0 Å². The fraction of sp³-hybridized carbons (Fsp3) is 0.0357. The van der Waals surface area contributed by atoms with Gasteiger partial charge in [0.2, 0.25) is 0 Å². The molecule has 0 amide bonds. The topological polar surface area (TPSA) is 9.86 Å². The quantitative estimate of drug-likeness (QED) is 0.170. The van der Waals surface area contributed by atoms with E-state index in [4.69, 9.17) is 0 Å². The predicted octanol–water partition coefficient (Wildman–Crippen LogP) is 15.1. The summed E-state index contributed by atoms with van der Waals surface area (Å²) in [4.78, 5) is 0. The summed E-state index contributed by atoms with van der Waals surface area (Å²) in [5.41, 5.74) is 14.8. The van der Waals surface area contributed by atoms with Crippen molar-refractivity contribution in [3.05, 3.63) is 194 Å². The van der Waals surface area contributed by atoms with Crippen LogP contribution in [-0.2, 0) is 14.1 Å². The summed E-state index contributed by atoms with van der Waals surface area (Å²) in [6, 6.07) is 71.7. The van der Waals surface area contributed by atoms with Crippen LogP contribution in [-0.4, -0.2) is 9.13 Å². The molecule has 0 atom stereocenters. The fourth-order valence-electron chi connectivity index (χ4n) is 9.90. The van der Waals surface area contributed by atoms with Crippen LogP contribution in [0.3, 0.4) is 0 Å². The van der Waals surface area contributed by atoms with E-state index in [-0.39, 0.29) is 0 Å². The van der Waals surface area contributed by atoms with Crippen molar-refractivity contribution in [3.63, 3.8) is 0 Å². The zero-order valence-corrected chi connectivity index (χ0v) is 32.4.